The van der Waals surface area contributed by atoms with Crippen LogP contribution in [0.5, 0.6) is 5.75 Å². The molecule has 5 rings (SSSR count). The van der Waals surface area contributed by atoms with Crippen LogP contribution in [-0.4, -0.2) is 10.1 Å². The first kappa shape index (κ1) is 14.3. The van der Waals surface area contributed by atoms with E-state index in [2.05, 4.69) is 4.98 Å². The molecule has 124 valence electrons. The van der Waals surface area contributed by atoms with Gasteiger partial charge in [-0.1, -0.05) is 18.2 Å². The van der Waals surface area contributed by atoms with Crippen molar-refractivity contribution in [2.24, 2.45) is 0 Å². The number of phenols is 1. The molecular formula is C21H17NO3. The van der Waals surface area contributed by atoms with Crippen LogP contribution in [0.2, 0.25) is 0 Å². The van der Waals surface area contributed by atoms with Crippen LogP contribution in [0.4, 0.5) is 0 Å². The van der Waals surface area contributed by atoms with Gasteiger partial charge < -0.3 is 14.5 Å². The van der Waals surface area contributed by atoms with Crippen molar-refractivity contribution in [1.29, 1.82) is 0 Å². The first-order chi connectivity index (χ1) is 12.1. The fourth-order valence-electron chi connectivity index (χ4n) is 3.99. The second-order valence-corrected chi connectivity index (χ2v) is 6.74. The van der Waals surface area contributed by atoms with Crippen LogP contribution in [0.25, 0.3) is 33.1 Å². The average Bonchev–Trinajstić information content (AvgIpc) is 3.25. The van der Waals surface area contributed by atoms with Crippen LogP contribution in [-0.2, 0) is 12.8 Å². The lowest BCUT2D eigenvalue weighted by molar-refractivity contribution is 0.470. The van der Waals surface area contributed by atoms with Crippen molar-refractivity contribution < 1.29 is 9.52 Å². The maximum absolute atomic E-state index is 12.2. The third-order valence-electron chi connectivity index (χ3n) is 5.29. The maximum atomic E-state index is 12.2. The molecule has 0 amide bonds. The molecule has 2 N–H and O–H groups in total. The third-order valence-corrected chi connectivity index (χ3v) is 5.29. The molecule has 2 heterocycles. The van der Waals surface area contributed by atoms with Gasteiger partial charge in [0, 0.05) is 33.0 Å². The molecule has 0 aliphatic heterocycles. The van der Waals surface area contributed by atoms with E-state index in [-0.39, 0.29) is 11.4 Å². The molecule has 0 atom stereocenters. The summed E-state index contributed by atoms with van der Waals surface area (Å²) in [4.78, 5) is 15.6. The van der Waals surface area contributed by atoms with E-state index in [0.717, 1.165) is 57.9 Å². The number of hydrogen-bond acceptors (Lipinski definition) is 3. The number of H-pyrrole nitrogens is 1. The molecule has 4 aromatic rings. The molecule has 0 bridgehead atoms. The van der Waals surface area contributed by atoms with Crippen molar-refractivity contribution in [3.63, 3.8) is 0 Å². The topological polar surface area (TPSA) is 66.2 Å². The van der Waals surface area contributed by atoms with Gasteiger partial charge in [0.1, 0.15) is 11.3 Å². The number of nitrogens with one attached hydrogen (secondary N) is 1. The number of benzene rings is 2. The highest BCUT2D eigenvalue weighted by atomic mass is 16.4. The summed E-state index contributed by atoms with van der Waals surface area (Å²) in [5.74, 6) is 0.153. The van der Waals surface area contributed by atoms with Crippen molar-refractivity contribution in [3.05, 3.63) is 63.5 Å². The lowest BCUT2D eigenvalue weighted by Gasteiger charge is -2.11. The SMILES string of the molecule is Cc1c(O)c(-c2cc3ccccc3[nH]2)cc2c3c(c(=O)oc12)CCC3. The minimum absolute atomic E-state index is 0.153. The van der Waals surface area contributed by atoms with Gasteiger partial charge in [0.25, 0.3) is 0 Å². The minimum Gasteiger partial charge on any atom is -0.507 e. The summed E-state index contributed by atoms with van der Waals surface area (Å²) in [6, 6.07) is 12.0. The minimum atomic E-state index is -0.263. The smallest absolute Gasteiger partial charge is 0.339 e. The van der Waals surface area contributed by atoms with Crippen molar-refractivity contribution >= 4 is 21.9 Å². The van der Waals surface area contributed by atoms with Crippen molar-refractivity contribution in [2.75, 3.05) is 0 Å². The van der Waals surface area contributed by atoms with E-state index in [9.17, 15) is 9.90 Å². The molecule has 1 aliphatic rings. The number of rotatable bonds is 1. The summed E-state index contributed by atoms with van der Waals surface area (Å²) in [6.07, 6.45) is 2.63. The molecule has 0 radical (unpaired) electrons. The summed E-state index contributed by atoms with van der Waals surface area (Å²) >= 11 is 0. The highest BCUT2D eigenvalue weighted by Gasteiger charge is 2.23. The zero-order valence-electron chi connectivity index (χ0n) is 13.8. The summed E-state index contributed by atoms with van der Waals surface area (Å²) in [7, 11) is 0. The van der Waals surface area contributed by atoms with Gasteiger partial charge in [-0.15, -0.1) is 0 Å². The molecule has 0 saturated heterocycles. The van der Waals surface area contributed by atoms with Gasteiger partial charge in [-0.2, -0.15) is 0 Å². The Labute approximate surface area is 143 Å². The van der Waals surface area contributed by atoms with E-state index in [4.69, 9.17) is 4.42 Å². The van der Waals surface area contributed by atoms with E-state index >= 15 is 0 Å². The lowest BCUT2D eigenvalue weighted by Crippen LogP contribution is -2.07. The number of aryl methyl sites for hydroxylation is 2. The largest absolute Gasteiger partial charge is 0.507 e. The van der Waals surface area contributed by atoms with Gasteiger partial charge in [0.05, 0.1) is 5.69 Å². The van der Waals surface area contributed by atoms with Gasteiger partial charge in [0.15, 0.2) is 0 Å². The quantitative estimate of drug-likeness (QED) is 0.507. The molecule has 2 aromatic carbocycles. The second-order valence-electron chi connectivity index (χ2n) is 6.74. The van der Waals surface area contributed by atoms with Crippen LogP contribution in [0.3, 0.4) is 0 Å². The molecule has 0 fully saturated rings. The molecule has 4 nitrogen and oxygen atoms in total. The molecule has 0 unspecified atom stereocenters. The monoisotopic (exact) mass is 331 g/mol. The molecule has 0 spiro atoms. The van der Waals surface area contributed by atoms with Crippen LogP contribution in [0.15, 0.2) is 45.6 Å². The predicted octanol–water partition coefficient (Wildman–Crippen LogP) is 4.44. The van der Waals surface area contributed by atoms with Crippen LogP contribution in [0, 0.1) is 6.92 Å². The molecular weight excluding hydrogens is 314 g/mol. The number of hydrogen-bond donors (Lipinski definition) is 2. The van der Waals surface area contributed by atoms with Crippen molar-refractivity contribution in [2.45, 2.75) is 26.2 Å². The molecule has 0 saturated carbocycles. The van der Waals surface area contributed by atoms with E-state index in [1.165, 1.54) is 0 Å². The van der Waals surface area contributed by atoms with Crippen LogP contribution < -0.4 is 5.63 Å². The Morgan fingerprint density at radius 3 is 2.76 bits per heavy atom. The first-order valence-corrected chi connectivity index (χ1v) is 8.53. The Hall–Kier alpha value is -3.01. The fraction of sp³-hybridized carbons (Fsp3) is 0.190. The van der Waals surface area contributed by atoms with E-state index in [1.54, 1.807) is 6.92 Å². The Balaban J connectivity index is 1.86. The Morgan fingerprint density at radius 1 is 1.12 bits per heavy atom. The summed E-state index contributed by atoms with van der Waals surface area (Å²) in [5, 5.41) is 12.8. The van der Waals surface area contributed by atoms with Gasteiger partial charge in [-0.3, -0.25) is 0 Å². The number of fused-ring (bicyclic) bond motifs is 4. The molecule has 1 aliphatic carbocycles. The van der Waals surface area contributed by atoms with Crippen LogP contribution in [0.1, 0.15) is 23.1 Å². The highest BCUT2D eigenvalue weighted by Crippen LogP contribution is 2.40. The Bertz CT molecular complexity index is 1180. The Morgan fingerprint density at radius 2 is 1.92 bits per heavy atom. The third kappa shape index (κ3) is 1.97. The molecule has 25 heavy (non-hydrogen) atoms. The number of aromatic amines is 1. The summed E-state index contributed by atoms with van der Waals surface area (Å²) in [5.41, 5.74) is 5.35. The summed E-state index contributed by atoms with van der Waals surface area (Å²) in [6.45, 7) is 1.80. The summed E-state index contributed by atoms with van der Waals surface area (Å²) < 4.78 is 5.54. The average molecular weight is 331 g/mol. The van der Waals surface area contributed by atoms with E-state index < -0.39 is 0 Å². The number of aromatic nitrogens is 1. The van der Waals surface area contributed by atoms with Gasteiger partial charge in [-0.25, -0.2) is 4.79 Å². The standard InChI is InChI=1S/C21H17NO3/c1-11-19(23)16(18-9-12-5-2-3-8-17(12)22-18)10-15-13-6-4-7-14(13)21(24)25-20(11)15/h2-3,5,8-10,22-23H,4,6-7H2,1H3. The van der Waals surface area contributed by atoms with Gasteiger partial charge >= 0.3 is 5.63 Å². The number of aromatic hydroxyl groups is 1. The van der Waals surface area contributed by atoms with Crippen molar-refractivity contribution in [3.8, 4) is 17.0 Å². The highest BCUT2D eigenvalue weighted by molar-refractivity contribution is 5.95. The predicted molar refractivity (Wildman–Crippen MR) is 98.2 cm³/mol. The molecule has 2 aromatic heterocycles. The number of para-hydroxylation sites is 1. The lowest BCUT2D eigenvalue weighted by atomic mass is 9.98. The first-order valence-electron chi connectivity index (χ1n) is 8.53. The van der Waals surface area contributed by atoms with Crippen LogP contribution >= 0.6 is 0 Å². The fourth-order valence-corrected chi connectivity index (χ4v) is 3.99. The Kier molecular flexibility index (Phi) is 2.86. The van der Waals surface area contributed by atoms with Crippen molar-refractivity contribution in [1.82, 2.24) is 4.98 Å². The van der Waals surface area contributed by atoms with E-state index in [1.807, 2.05) is 36.4 Å². The van der Waals surface area contributed by atoms with Gasteiger partial charge in [-0.05, 0) is 49.9 Å². The van der Waals surface area contributed by atoms with E-state index in [0.29, 0.717) is 11.1 Å². The normalized spacial score (nSPS) is 13.6. The molecule has 4 heteroatoms. The number of phenolic OH excluding ortho intramolecular Hbond substituents is 1. The zero-order chi connectivity index (χ0) is 17.1. The maximum Gasteiger partial charge on any atom is 0.339 e. The second kappa shape index (κ2) is 4.99. The van der Waals surface area contributed by atoms with Gasteiger partial charge in [0.2, 0.25) is 0 Å². The zero-order valence-corrected chi connectivity index (χ0v) is 13.8.